The van der Waals surface area contributed by atoms with E-state index in [0.717, 1.165) is 0 Å². The van der Waals surface area contributed by atoms with Crippen molar-refractivity contribution in [3.8, 4) is 0 Å². The number of rotatable bonds is 2. The third-order valence-corrected chi connectivity index (χ3v) is 2.44. The zero-order valence-corrected chi connectivity index (χ0v) is 8.91. The largest absolute Gasteiger partial charge is 0.273 e. The molecule has 1 saturated heterocycles. The first kappa shape index (κ1) is 10.9. The van der Waals surface area contributed by atoms with Crippen molar-refractivity contribution in [1.82, 2.24) is 10.0 Å². The van der Waals surface area contributed by atoms with Crippen LogP contribution < -0.4 is 0 Å². The van der Waals surface area contributed by atoms with Crippen molar-refractivity contribution in [3.05, 3.63) is 12.7 Å². The number of imide groups is 1. The van der Waals surface area contributed by atoms with Crippen molar-refractivity contribution in [2.45, 2.75) is 32.7 Å². The topological polar surface area (TPSA) is 40.6 Å². The van der Waals surface area contributed by atoms with E-state index in [4.69, 9.17) is 0 Å². The molecule has 0 aromatic heterocycles. The van der Waals surface area contributed by atoms with Crippen molar-refractivity contribution >= 4 is 11.8 Å². The highest BCUT2D eigenvalue weighted by atomic mass is 16.2. The van der Waals surface area contributed by atoms with E-state index in [0.29, 0.717) is 13.0 Å². The molecular formula is C10H16N2O2. The molecule has 1 aliphatic rings. The Labute approximate surface area is 84.1 Å². The Bertz CT molecular complexity index is 284. The zero-order chi connectivity index (χ0) is 10.9. The molecule has 4 nitrogen and oxygen atoms in total. The van der Waals surface area contributed by atoms with E-state index < -0.39 is 0 Å². The normalized spacial score (nSPS) is 21.4. The third-order valence-electron chi connectivity index (χ3n) is 2.44. The molecule has 0 bridgehead atoms. The Hall–Kier alpha value is -1.16. The van der Waals surface area contributed by atoms with Gasteiger partial charge in [0.15, 0.2) is 0 Å². The first-order valence-corrected chi connectivity index (χ1v) is 4.71. The van der Waals surface area contributed by atoms with Crippen molar-refractivity contribution in [2.75, 3.05) is 6.54 Å². The molecule has 14 heavy (non-hydrogen) atoms. The summed E-state index contributed by atoms with van der Waals surface area (Å²) in [6.45, 7) is 9.84. The second kappa shape index (κ2) is 3.53. The SMILES string of the molecule is C=CC(=O)N1C(=O)CC(C)(C)N1CC. The predicted molar refractivity (Wildman–Crippen MR) is 53.1 cm³/mol. The van der Waals surface area contributed by atoms with Gasteiger partial charge in [-0.25, -0.2) is 10.0 Å². The maximum atomic E-state index is 11.6. The number of hydrogen-bond acceptors (Lipinski definition) is 3. The van der Waals surface area contributed by atoms with Gasteiger partial charge < -0.3 is 0 Å². The summed E-state index contributed by atoms with van der Waals surface area (Å²) in [5.41, 5.74) is -0.273. The smallest absolute Gasteiger partial charge is 0.267 e. The molecule has 0 atom stereocenters. The zero-order valence-electron chi connectivity index (χ0n) is 8.91. The molecule has 0 aliphatic carbocycles. The molecule has 0 aromatic rings. The molecule has 0 aromatic carbocycles. The second-order valence-corrected chi connectivity index (χ2v) is 3.95. The highest BCUT2D eigenvalue weighted by Crippen LogP contribution is 2.29. The van der Waals surface area contributed by atoms with Crippen LogP contribution in [0.1, 0.15) is 27.2 Å². The average Bonchev–Trinajstić information content (AvgIpc) is 2.33. The maximum absolute atomic E-state index is 11.6. The van der Waals surface area contributed by atoms with Gasteiger partial charge in [0.2, 0.25) is 5.91 Å². The van der Waals surface area contributed by atoms with Crippen LogP contribution in [0.15, 0.2) is 12.7 Å². The lowest BCUT2D eigenvalue weighted by Crippen LogP contribution is -2.49. The first-order chi connectivity index (χ1) is 6.44. The van der Waals surface area contributed by atoms with Gasteiger partial charge in [-0.05, 0) is 19.9 Å². The van der Waals surface area contributed by atoms with E-state index in [-0.39, 0.29) is 17.4 Å². The molecule has 1 rings (SSSR count). The van der Waals surface area contributed by atoms with Crippen LogP contribution in [-0.4, -0.2) is 33.9 Å². The van der Waals surface area contributed by atoms with Gasteiger partial charge >= 0.3 is 0 Å². The fourth-order valence-electron chi connectivity index (χ4n) is 1.84. The standard InChI is InChI=1S/C10H16N2O2/c1-5-8(13)12-9(14)7-10(3,4)11(12)6-2/h5H,1,6-7H2,2-4H3. The van der Waals surface area contributed by atoms with Crippen molar-refractivity contribution in [1.29, 1.82) is 0 Å². The molecule has 0 unspecified atom stereocenters. The number of amides is 2. The minimum atomic E-state index is -0.345. The van der Waals surface area contributed by atoms with Gasteiger partial charge in [0, 0.05) is 18.5 Å². The lowest BCUT2D eigenvalue weighted by atomic mass is 10.0. The molecule has 78 valence electrons. The van der Waals surface area contributed by atoms with Gasteiger partial charge in [-0.2, -0.15) is 0 Å². The van der Waals surface area contributed by atoms with Crippen LogP contribution in [0.2, 0.25) is 0 Å². The summed E-state index contributed by atoms with van der Waals surface area (Å²) in [7, 11) is 0. The predicted octanol–water partition coefficient (Wildman–Crippen LogP) is 0.947. The van der Waals surface area contributed by atoms with Crippen LogP contribution in [0.5, 0.6) is 0 Å². The van der Waals surface area contributed by atoms with E-state index in [1.807, 2.05) is 20.8 Å². The van der Waals surface area contributed by atoms with Crippen LogP contribution >= 0.6 is 0 Å². The first-order valence-electron chi connectivity index (χ1n) is 4.71. The van der Waals surface area contributed by atoms with Gasteiger partial charge in [-0.1, -0.05) is 13.5 Å². The Balaban J connectivity index is 3.00. The Morgan fingerprint density at radius 3 is 2.64 bits per heavy atom. The molecule has 1 fully saturated rings. The monoisotopic (exact) mass is 196 g/mol. The fraction of sp³-hybridized carbons (Fsp3) is 0.600. The summed E-state index contributed by atoms with van der Waals surface area (Å²) >= 11 is 0. The van der Waals surface area contributed by atoms with Gasteiger partial charge in [-0.15, -0.1) is 0 Å². The molecule has 1 aliphatic heterocycles. The Morgan fingerprint density at radius 2 is 2.21 bits per heavy atom. The summed E-state index contributed by atoms with van der Waals surface area (Å²) < 4.78 is 0. The van der Waals surface area contributed by atoms with Crippen LogP contribution in [0.4, 0.5) is 0 Å². The number of carbonyl (C=O) groups excluding carboxylic acids is 2. The lowest BCUT2D eigenvalue weighted by molar-refractivity contribution is -0.155. The van der Waals surface area contributed by atoms with Gasteiger partial charge in [0.1, 0.15) is 0 Å². The van der Waals surface area contributed by atoms with Crippen LogP contribution in [-0.2, 0) is 9.59 Å². The molecule has 4 heteroatoms. The average molecular weight is 196 g/mol. The molecular weight excluding hydrogens is 180 g/mol. The van der Waals surface area contributed by atoms with E-state index in [1.54, 1.807) is 5.01 Å². The fourth-order valence-corrected chi connectivity index (χ4v) is 1.84. The van der Waals surface area contributed by atoms with E-state index in [2.05, 4.69) is 6.58 Å². The summed E-state index contributed by atoms with van der Waals surface area (Å²) in [5.74, 6) is -0.496. The number of nitrogens with zero attached hydrogens (tertiary/aromatic N) is 2. The number of hydrazine groups is 1. The molecule has 1 heterocycles. The molecule has 0 spiro atoms. The van der Waals surface area contributed by atoms with Gasteiger partial charge in [0.05, 0.1) is 0 Å². The van der Waals surface area contributed by atoms with E-state index in [1.165, 1.54) is 11.1 Å². The molecule has 0 radical (unpaired) electrons. The Morgan fingerprint density at radius 1 is 1.64 bits per heavy atom. The van der Waals surface area contributed by atoms with Crippen LogP contribution in [0, 0.1) is 0 Å². The lowest BCUT2D eigenvalue weighted by Gasteiger charge is -2.33. The third kappa shape index (κ3) is 1.57. The highest BCUT2D eigenvalue weighted by molar-refractivity contribution is 6.01. The van der Waals surface area contributed by atoms with Crippen LogP contribution in [0.25, 0.3) is 0 Å². The minimum Gasteiger partial charge on any atom is -0.273 e. The maximum Gasteiger partial charge on any atom is 0.267 e. The van der Waals surface area contributed by atoms with Crippen molar-refractivity contribution in [2.24, 2.45) is 0 Å². The number of carbonyl (C=O) groups is 2. The highest BCUT2D eigenvalue weighted by Gasteiger charge is 2.44. The van der Waals surface area contributed by atoms with Gasteiger partial charge in [-0.3, -0.25) is 9.59 Å². The Kier molecular flexibility index (Phi) is 2.76. The summed E-state index contributed by atoms with van der Waals surface area (Å²) in [5, 5.41) is 2.96. The molecule has 0 saturated carbocycles. The van der Waals surface area contributed by atoms with Crippen molar-refractivity contribution in [3.63, 3.8) is 0 Å². The second-order valence-electron chi connectivity index (χ2n) is 3.95. The van der Waals surface area contributed by atoms with Gasteiger partial charge in [0.25, 0.3) is 5.91 Å². The van der Waals surface area contributed by atoms with Crippen LogP contribution in [0.3, 0.4) is 0 Å². The van der Waals surface area contributed by atoms with Crippen molar-refractivity contribution < 1.29 is 9.59 Å². The number of hydrogen-bond donors (Lipinski definition) is 0. The van der Waals surface area contributed by atoms with E-state index in [9.17, 15) is 9.59 Å². The quantitative estimate of drug-likeness (QED) is 0.617. The summed E-state index contributed by atoms with van der Waals surface area (Å²) in [6, 6.07) is 0. The summed E-state index contributed by atoms with van der Waals surface area (Å²) in [4.78, 5) is 23.0. The van der Waals surface area contributed by atoms with E-state index >= 15 is 0 Å². The summed E-state index contributed by atoms with van der Waals surface area (Å²) in [6.07, 6.45) is 1.54. The molecule has 2 amide bonds. The minimum absolute atomic E-state index is 0.151. The molecule has 0 N–H and O–H groups in total.